The first-order valence-corrected chi connectivity index (χ1v) is 9.51. The Hall–Kier alpha value is -2.31. The SMILES string of the molecule is CC1CCN(Cn2nc(-c3cccnc3)n(-c3ccccc3)c2=S)CC1. The summed E-state index contributed by atoms with van der Waals surface area (Å²) < 4.78 is 4.70. The predicted octanol–water partition coefficient (Wildman–Crippen LogP) is 4.15. The molecule has 4 rings (SSSR count). The van der Waals surface area contributed by atoms with Crippen molar-refractivity contribution in [1.82, 2.24) is 24.2 Å². The van der Waals surface area contributed by atoms with E-state index in [2.05, 4.69) is 28.9 Å². The number of aromatic nitrogens is 4. The van der Waals surface area contributed by atoms with E-state index in [1.807, 2.05) is 45.8 Å². The van der Waals surface area contributed by atoms with Gasteiger partial charge in [-0.15, -0.1) is 5.10 Å². The highest BCUT2D eigenvalue weighted by Crippen LogP contribution is 2.23. The molecule has 0 aliphatic carbocycles. The maximum atomic E-state index is 5.80. The fourth-order valence-electron chi connectivity index (χ4n) is 3.38. The van der Waals surface area contributed by atoms with E-state index in [0.717, 1.165) is 42.8 Å². The summed E-state index contributed by atoms with van der Waals surface area (Å²) in [5.41, 5.74) is 1.99. The molecule has 5 nitrogen and oxygen atoms in total. The van der Waals surface area contributed by atoms with Crippen molar-refractivity contribution in [2.24, 2.45) is 5.92 Å². The Morgan fingerprint density at radius 2 is 1.85 bits per heavy atom. The van der Waals surface area contributed by atoms with E-state index in [-0.39, 0.29) is 0 Å². The minimum Gasteiger partial charge on any atom is -0.284 e. The lowest BCUT2D eigenvalue weighted by molar-refractivity contribution is 0.146. The second-order valence-electron chi connectivity index (χ2n) is 6.96. The van der Waals surface area contributed by atoms with Crippen molar-refractivity contribution < 1.29 is 0 Å². The van der Waals surface area contributed by atoms with Crippen LogP contribution in [0.15, 0.2) is 54.9 Å². The number of piperidine rings is 1. The lowest BCUT2D eigenvalue weighted by Gasteiger charge is -2.29. The van der Waals surface area contributed by atoms with Gasteiger partial charge in [-0.3, -0.25) is 14.5 Å². The van der Waals surface area contributed by atoms with Crippen LogP contribution in [0.3, 0.4) is 0 Å². The lowest BCUT2D eigenvalue weighted by Crippen LogP contribution is -2.34. The van der Waals surface area contributed by atoms with Gasteiger partial charge >= 0.3 is 0 Å². The summed E-state index contributed by atoms with van der Waals surface area (Å²) in [6.45, 7) is 5.26. The van der Waals surface area contributed by atoms with E-state index in [4.69, 9.17) is 17.3 Å². The summed E-state index contributed by atoms with van der Waals surface area (Å²) >= 11 is 5.80. The molecule has 0 radical (unpaired) electrons. The number of nitrogens with zero attached hydrogens (tertiary/aromatic N) is 5. The zero-order valence-corrected chi connectivity index (χ0v) is 15.8. The molecule has 3 heterocycles. The third kappa shape index (κ3) is 3.48. The molecular formula is C20H23N5S. The van der Waals surface area contributed by atoms with E-state index in [1.54, 1.807) is 6.20 Å². The van der Waals surface area contributed by atoms with Crippen molar-refractivity contribution in [2.45, 2.75) is 26.4 Å². The van der Waals surface area contributed by atoms with E-state index >= 15 is 0 Å². The Labute approximate surface area is 158 Å². The van der Waals surface area contributed by atoms with Crippen LogP contribution in [0.4, 0.5) is 0 Å². The van der Waals surface area contributed by atoms with E-state index in [0.29, 0.717) is 4.77 Å². The van der Waals surface area contributed by atoms with Crippen molar-refractivity contribution in [3.8, 4) is 17.1 Å². The van der Waals surface area contributed by atoms with Gasteiger partial charge in [0.2, 0.25) is 4.77 Å². The zero-order valence-electron chi connectivity index (χ0n) is 15.0. The normalized spacial score (nSPS) is 16.0. The molecule has 0 atom stereocenters. The molecule has 0 unspecified atom stereocenters. The average molecular weight is 366 g/mol. The highest BCUT2D eigenvalue weighted by atomic mass is 32.1. The molecule has 1 aromatic carbocycles. The second kappa shape index (κ2) is 7.51. The van der Waals surface area contributed by atoms with Crippen LogP contribution in [0.25, 0.3) is 17.1 Å². The molecule has 6 heteroatoms. The molecule has 0 bridgehead atoms. The van der Waals surface area contributed by atoms with Gasteiger partial charge in [0.25, 0.3) is 0 Å². The Morgan fingerprint density at radius 1 is 1.08 bits per heavy atom. The molecule has 1 aliphatic rings. The molecule has 0 amide bonds. The smallest absolute Gasteiger partial charge is 0.204 e. The molecule has 3 aromatic rings. The molecule has 2 aromatic heterocycles. The van der Waals surface area contributed by atoms with Gasteiger partial charge in [-0.25, -0.2) is 4.68 Å². The number of pyridine rings is 1. The Bertz CT molecular complexity index is 908. The summed E-state index contributed by atoms with van der Waals surface area (Å²) in [6, 6.07) is 14.1. The third-order valence-corrected chi connectivity index (χ3v) is 5.38. The fourth-order valence-corrected chi connectivity index (χ4v) is 3.67. The number of likely N-dealkylation sites (tertiary alicyclic amines) is 1. The van der Waals surface area contributed by atoms with Crippen LogP contribution in [-0.4, -0.2) is 37.3 Å². The first-order chi connectivity index (χ1) is 12.7. The average Bonchev–Trinajstić information content (AvgIpc) is 3.01. The number of para-hydroxylation sites is 1. The van der Waals surface area contributed by atoms with Gasteiger partial charge in [0.1, 0.15) is 0 Å². The summed E-state index contributed by atoms with van der Waals surface area (Å²) in [7, 11) is 0. The van der Waals surface area contributed by atoms with Crippen LogP contribution >= 0.6 is 12.2 Å². The molecule has 1 saturated heterocycles. The van der Waals surface area contributed by atoms with Gasteiger partial charge in [0, 0.05) is 36.7 Å². The predicted molar refractivity (Wildman–Crippen MR) is 106 cm³/mol. The molecule has 0 N–H and O–H groups in total. The maximum absolute atomic E-state index is 5.80. The van der Waals surface area contributed by atoms with Crippen LogP contribution in [0.5, 0.6) is 0 Å². The highest BCUT2D eigenvalue weighted by molar-refractivity contribution is 7.71. The van der Waals surface area contributed by atoms with Crippen molar-refractivity contribution in [2.75, 3.05) is 13.1 Å². The first kappa shape index (κ1) is 17.1. The first-order valence-electron chi connectivity index (χ1n) is 9.10. The van der Waals surface area contributed by atoms with Crippen LogP contribution in [0.1, 0.15) is 19.8 Å². The topological polar surface area (TPSA) is 38.9 Å². The van der Waals surface area contributed by atoms with Crippen molar-refractivity contribution in [3.63, 3.8) is 0 Å². The minimum atomic E-state index is 0.716. The third-order valence-electron chi connectivity index (χ3n) is 4.98. The van der Waals surface area contributed by atoms with Crippen LogP contribution in [-0.2, 0) is 6.67 Å². The summed E-state index contributed by atoms with van der Waals surface area (Å²) in [5, 5.41) is 4.86. The maximum Gasteiger partial charge on any atom is 0.204 e. The van der Waals surface area contributed by atoms with Crippen LogP contribution in [0.2, 0.25) is 0 Å². The minimum absolute atomic E-state index is 0.716. The van der Waals surface area contributed by atoms with Gasteiger partial charge in [-0.1, -0.05) is 25.1 Å². The van der Waals surface area contributed by atoms with Gasteiger partial charge in [-0.05, 0) is 55.2 Å². The Morgan fingerprint density at radius 3 is 2.54 bits per heavy atom. The number of hydrogen-bond acceptors (Lipinski definition) is 4. The lowest BCUT2D eigenvalue weighted by atomic mass is 10.00. The van der Waals surface area contributed by atoms with Crippen LogP contribution in [0, 0.1) is 10.7 Å². The largest absolute Gasteiger partial charge is 0.284 e. The molecule has 134 valence electrons. The van der Waals surface area contributed by atoms with Gasteiger partial charge < -0.3 is 0 Å². The molecule has 0 saturated carbocycles. The Balaban J connectivity index is 1.75. The summed E-state index contributed by atoms with van der Waals surface area (Å²) in [4.78, 5) is 6.69. The van der Waals surface area contributed by atoms with Crippen molar-refractivity contribution in [1.29, 1.82) is 0 Å². The molecule has 26 heavy (non-hydrogen) atoms. The summed E-state index contributed by atoms with van der Waals surface area (Å²) in [6.07, 6.45) is 6.09. The van der Waals surface area contributed by atoms with E-state index in [9.17, 15) is 0 Å². The monoisotopic (exact) mass is 365 g/mol. The molecular weight excluding hydrogens is 342 g/mol. The van der Waals surface area contributed by atoms with Crippen molar-refractivity contribution in [3.05, 3.63) is 59.6 Å². The molecule has 1 fully saturated rings. The quantitative estimate of drug-likeness (QED) is 0.651. The second-order valence-corrected chi connectivity index (χ2v) is 7.33. The van der Waals surface area contributed by atoms with Gasteiger partial charge in [-0.2, -0.15) is 0 Å². The number of hydrogen-bond donors (Lipinski definition) is 0. The molecule has 0 spiro atoms. The number of benzene rings is 1. The zero-order chi connectivity index (χ0) is 17.9. The number of rotatable bonds is 4. The molecule has 1 aliphatic heterocycles. The van der Waals surface area contributed by atoms with Gasteiger partial charge in [0.15, 0.2) is 5.82 Å². The summed E-state index contributed by atoms with van der Waals surface area (Å²) in [5.74, 6) is 1.65. The highest BCUT2D eigenvalue weighted by Gasteiger charge is 2.19. The van der Waals surface area contributed by atoms with Crippen molar-refractivity contribution >= 4 is 12.2 Å². The standard InChI is InChI=1S/C20H23N5S/c1-16-9-12-23(13-10-16)15-24-20(26)25(18-7-3-2-4-8-18)19(22-24)17-6-5-11-21-14-17/h2-8,11,14,16H,9-10,12-13,15H2,1H3. The Kier molecular flexibility index (Phi) is 4.95. The van der Waals surface area contributed by atoms with Crippen LogP contribution < -0.4 is 0 Å². The van der Waals surface area contributed by atoms with E-state index < -0.39 is 0 Å². The van der Waals surface area contributed by atoms with Gasteiger partial charge in [0.05, 0.1) is 6.67 Å². The fraction of sp³-hybridized carbons (Fsp3) is 0.350. The van der Waals surface area contributed by atoms with E-state index in [1.165, 1.54) is 12.8 Å².